The van der Waals surface area contributed by atoms with Crippen molar-refractivity contribution >= 4 is 23.5 Å². The van der Waals surface area contributed by atoms with Crippen LogP contribution in [0, 0.1) is 0 Å². The number of allylic oxidation sites excluding steroid dienone is 1. The van der Waals surface area contributed by atoms with E-state index < -0.39 is 0 Å². The molecule has 0 aromatic heterocycles. The SMILES string of the molecule is COC(=O)CCN(CCC1=CCCCC1)C(=O)Cc1ccc(Cl)cc1. The smallest absolute Gasteiger partial charge is 0.307 e. The Labute approximate surface area is 154 Å². The molecule has 136 valence electrons. The van der Waals surface area contributed by atoms with Crippen molar-refractivity contribution in [1.29, 1.82) is 0 Å². The minimum atomic E-state index is -0.291. The van der Waals surface area contributed by atoms with E-state index in [0.29, 0.717) is 24.5 Å². The molecule has 0 fully saturated rings. The van der Waals surface area contributed by atoms with Crippen LogP contribution in [0.4, 0.5) is 0 Å². The van der Waals surface area contributed by atoms with Crippen molar-refractivity contribution in [2.45, 2.75) is 44.9 Å². The fourth-order valence-corrected chi connectivity index (χ4v) is 3.11. The molecule has 0 radical (unpaired) electrons. The van der Waals surface area contributed by atoms with Gasteiger partial charge in [0.15, 0.2) is 0 Å². The zero-order valence-electron chi connectivity index (χ0n) is 14.8. The molecule has 1 amide bonds. The largest absolute Gasteiger partial charge is 0.469 e. The molecule has 0 aliphatic heterocycles. The minimum absolute atomic E-state index is 0.0302. The Hall–Kier alpha value is -1.81. The first kappa shape index (κ1) is 19.5. The van der Waals surface area contributed by atoms with E-state index in [-0.39, 0.29) is 18.3 Å². The van der Waals surface area contributed by atoms with E-state index >= 15 is 0 Å². The predicted molar refractivity (Wildman–Crippen MR) is 99.5 cm³/mol. The first-order valence-electron chi connectivity index (χ1n) is 8.85. The molecule has 0 spiro atoms. The lowest BCUT2D eigenvalue weighted by molar-refractivity contribution is -0.141. The van der Waals surface area contributed by atoms with Crippen LogP contribution in [0.5, 0.6) is 0 Å². The standard InChI is InChI=1S/C20H26ClNO3/c1-25-20(24)12-14-22(13-11-16-5-3-2-4-6-16)19(23)15-17-7-9-18(21)10-8-17/h5,7-10H,2-4,6,11-15H2,1H3. The maximum absolute atomic E-state index is 12.7. The van der Waals surface area contributed by atoms with Crippen molar-refractivity contribution in [1.82, 2.24) is 4.90 Å². The number of hydrogen-bond donors (Lipinski definition) is 0. The molecule has 0 unspecified atom stereocenters. The molecular weight excluding hydrogens is 338 g/mol. The number of carbonyl (C=O) groups excluding carboxylic acids is 2. The monoisotopic (exact) mass is 363 g/mol. The van der Waals surface area contributed by atoms with Crippen LogP contribution in [0.2, 0.25) is 5.02 Å². The Morgan fingerprint density at radius 3 is 2.56 bits per heavy atom. The second-order valence-electron chi connectivity index (χ2n) is 6.37. The third-order valence-corrected chi connectivity index (χ3v) is 4.77. The zero-order chi connectivity index (χ0) is 18.1. The molecule has 1 aliphatic rings. The van der Waals surface area contributed by atoms with Gasteiger partial charge < -0.3 is 9.64 Å². The van der Waals surface area contributed by atoms with Gasteiger partial charge in [-0.2, -0.15) is 0 Å². The van der Waals surface area contributed by atoms with Gasteiger partial charge in [0, 0.05) is 18.1 Å². The predicted octanol–water partition coefficient (Wildman–Crippen LogP) is 4.16. The minimum Gasteiger partial charge on any atom is -0.469 e. The maximum Gasteiger partial charge on any atom is 0.307 e. The summed E-state index contributed by atoms with van der Waals surface area (Å²) in [6, 6.07) is 7.30. The first-order valence-corrected chi connectivity index (χ1v) is 9.23. The van der Waals surface area contributed by atoms with Gasteiger partial charge in [-0.15, -0.1) is 0 Å². The highest BCUT2D eigenvalue weighted by molar-refractivity contribution is 6.30. The Balaban J connectivity index is 1.95. The number of methoxy groups -OCH3 is 1. The number of esters is 1. The molecule has 0 N–H and O–H groups in total. The van der Waals surface area contributed by atoms with Gasteiger partial charge in [-0.3, -0.25) is 9.59 Å². The van der Waals surface area contributed by atoms with Gasteiger partial charge in [0.05, 0.1) is 20.0 Å². The normalized spacial score (nSPS) is 13.9. The van der Waals surface area contributed by atoms with Crippen LogP contribution in [0.15, 0.2) is 35.9 Å². The summed E-state index contributed by atoms with van der Waals surface area (Å²) >= 11 is 5.89. The lowest BCUT2D eigenvalue weighted by atomic mass is 9.97. The molecule has 1 aromatic carbocycles. The molecule has 2 rings (SSSR count). The van der Waals surface area contributed by atoms with E-state index in [9.17, 15) is 9.59 Å². The average molecular weight is 364 g/mol. The Morgan fingerprint density at radius 1 is 1.16 bits per heavy atom. The molecule has 4 nitrogen and oxygen atoms in total. The highest BCUT2D eigenvalue weighted by Crippen LogP contribution is 2.20. The van der Waals surface area contributed by atoms with Crippen LogP contribution < -0.4 is 0 Å². The molecule has 0 saturated heterocycles. The highest BCUT2D eigenvalue weighted by atomic mass is 35.5. The summed E-state index contributed by atoms with van der Waals surface area (Å²) in [5.41, 5.74) is 2.35. The fourth-order valence-electron chi connectivity index (χ4n) is 2.99. The first-order chi connectivity index (χ1) is 12.1. The van der Waals surface area contributed by atoms with E-state index in [2.05, 4.69) is 6.08 Å². The van der Waals surface area contributed by atoms with Gasteiger partial charge in [0.1, 0.15) is 0 Å². The quantitative estimate of drug-likeness (QED) is 0.514. The second kappa shape index (κ2) is 10.2. The number of amides is 1. The third-order valence-electron chi connectivity index (χ3n) is 4.52. The molecule has 0 heterocycles. The summed E-state index contributed by atoms with van der Waals surface area (Å²) in [7, 11) is 1.37. The van der Waals surface area contributed by atoms with Gasteiger partial charge in [-0.25, -0.2) is 0 Å². The summed E-state index contributed by atoms with van der Waals surface area (Å²) in [6.07, 6.45) is 8.46. The Morgan fingerprint density at radius 2 is 1.92 bits per heavy atom. The highest BCUT2D eigenvalue weighted by Gasteiger charge is 2.17. The van der Waals surface area contributed by atoms with Crippen LogP contribution >= 0.6 is 11.6 Å². The molecule has 1 aromatic rings. The number of ether oxygens (including phenoxy) is 1. The number of halogens is 1. The van der Waals surface area contributed by atoms with Crippen LogP contribution in [0.1, 0.15) is 44.1 Å². The zero-order valence-corrected chi connectivity index (χ0v) is 15.6. The molecule has 0 bridgehead atoms. The topological polar surface area (TPSA) is 46.6 Å². The van der Waals surface area contributed by atoms with Crippen LogP contribution in [-0.2, 0) is 20.7 Å². The Bertz CT molecular complexity index is 610. The summed E-state index contributed by atoms with van der Waals surface area (Å²) in [5.74, 6) is -0.260. The van der Waals surface area contributed by atoms with Gasteiger partial charge in [-0.1, -0.05) is 35.4 Å². The van der Waals surface area contributed by atoms with Crippen molar-refractivity contribution in [3.8, 4) is 0 Å². The van der Waals surface area contributed by atoms with Crippen LogP contribution in [0.3, 0.4) is 0 Å². The van der Waals surface area contributed by atoms with E-state index in [1.807, 2.05) is 12.1 Å². The molecule has 25 heavy (non-hydrogen) atoms. The molecule has 1 aliphatic carbocycles. The third kappa shape index (κ3) is 6.91. The molecule has 0 atom stereocenters. The van der Waals surface area contributed by atoms with Crippen molar-refractivity contribution in [2.24, 2.45) is 0 Å². The van der Waals surface area contributed by atoms with E-state index in [1.54, 1.807) is 17.0 Å². The van der Waals surface area contributed by atoms with Gasteiger partial charge in [0.25, 0.3) is 0 Å². The lowest BCUT2D eigenvalue weighted by Gasteiger charge is -2.24. The lowest BCUT2D eigenvalue weighted by Crippen LogP contribution is -2.35. The Kier molecular flexibility index (Phi) is 7.99. The van der Waals surface area contributed by atoms with Gasteiger partial charge in [0.2, 0.25) is 5.91 Å². The number of carbonyl (C=O) groups is 2. The maximum atomic E-state index is 12.7. The van der Waals surface area contributed by atoms with E-state index in [0.717, 1.165) is 24.8 Å². The van der Waals surface area contributed by atoms with Crippen LogP contribution in [0.25, 0.3) is 0 Å². The van der Waals surface area contributed by atoms with E-state index in [1.165, 1.54) is 25.5 Å². The summed E-state index contributed by atoms with van der Waals surface area (Å²) in [6.45, 7) is 1.04. The van der Waals surface area contributed by atoms with Crippen molar-refractivity contribution in [3.05, 3.63) is 46.5 Å². The van der Waals surface area contributed by atoms with E-state index in [4.69, 9.17) is 16.3 Å². The average Bonchev–Trinajstić information content (AvgIpc) is 2.64. The number of benzene rings is 1. The number of hydrogen-bond acceptors (Lipinski definition) is 3. The van der Waals surface area contributed by atoms with Crippen molar-refractivity contribution in [3.63, 3.8) is 0 Å². The van der Waals surface area contributed by atoms with Crippen molar-refractivity contribution < 1.29 is 14.3 Å². The summed E-state index contributed by atoms with van der Waals surface area (Å²) < 4.78 is 4.70. The molecule has 5 heteroatoms. The fraction of sp³-hybridized carbons (Fsp3) is 0.500. The molecule has 0 saturated carbocycles. The van der Waals surface area contributed by atoms with Crippen LogP contribution in [-0.4, -0.2) is 37.0 Å². The summed E-state index contributed by atoms with van der Waals surface area (Å²) in [5, 5.41) is 0.656. The second-order valence-corrected chi connectivity index (χ2v) is 6.80. The van der Waals surface area contributed by atoms with Crippen molar-refractivity contribution in [2.75, 3.05) is 20.2 Å². The van der Waals surface area contributed by atoms with Gasteiger partial charge >= 0.3 is 5.97 Å². The number of rotatable bonds is 8. The molecular formula is C20H26ClNO3. The summed E-state index contributed by atoms with van der Waals surface area (Å²) in [4.78, 5) is 25.9. The number of nitrogens with zero attached hydrogens (tertiary/aromatic N) is 1. The van der Waals surface area contributed by atoms with Gasteiger partial charge in [-0.05, 0) is 49.8 Å².